The minimum absolute atomic E-state index is 0.0610. The molecule has 0 aromatic heterocycles. The van der Waals surface area contributed by atoms with Gasteiger partial charge in [-0.15, -0.1) is 0 Å². The van der Waals surface area contributed by atoms with Crippen LogP contribution in [0.5, 0.6) is 0 Å². The maximum absolute atomic E-state index is 13.2. The lowest BCUT2D eigenvalue weighted by molar-refractivity contribution is -0.114. The SMILES string of the molecule is CCc1ccc(NC(=O)CN(c2ccccc2)S(=O)(=O)c2ccc(Cl)cc2)cc1. The van der Waals surface area contributed by atoms with Crippen molar-refractivity contribution in [1.29, 1.82) is 0 Å². The second-order valence-electron chi connectivity index (χ2n) is 6.40. The number of hydrogen-bond donors (Lipinski definition) is 1. The van der Waals surface area contributed by atoms with E-state index < -0.39 is 15.9 Å². The van der Waals surface area contributed by atoms with Crippen LogP contribution in [0.3, 0.4) is 0 Å². The van der Waals surface area contributed by atoms with Crippen molar-refractivity contribution in [2.75, 3.05) is 16.2 Å². The summed E-state index contributed by atoms with van der Waals surface area (Å²) in [6, 6.07) is 21.9. The van der Waals surface area contributed by atoms with E-state index in [0.29, 0.717) is 16.4 Å². The number of halogens is 1. The van der Waals surface area contributed by atoms with E-state index in [2.05, 4.69) is 5.32 Å². The van der Waals surface area contributed by atoms with E-state index in [0.717, 1.165) is 16.3 Å². The molecule has 5 nitrogen and oxygen atoms in total. The second kappa shape index (κ2) is 9.11. The summed E-state index contributed by atoms with van der Waals surface area (Å²) in [5.41, 5.74) is 2.17. The Kier molecular flexibility index (Phi) is 6.56. The van der Waals surface area contributed by atoms with Gasteiger partial charge in [-0.05, 0) is 60.5 Å². The molecule has 0 saturated heterocycles. The molecule has 0 heterocycles. The van der Waals surface area contributed by atoms with Gasteiger partial charge >= 0.3 is 0 Å². The van der Waals surface area contributed by atoms with Crippen molar-refractivity contribution in [2.45, 2.75) is 18.2 Å². The highest BCUT2D eigenvalue weighted by molar-refractivity contribution is 7.92. The maximum Gasteiger partial charge on any atom is 0.264 e. The summed E-state index contributed by atoms with van der Waals surface area (Å²) in [5, 5.41) is 3.19. The molecule has 0 saturated carbocycles. The normalized spacial score (nSPS) is 11.1. The molecule has 0 aliphatic heterocycles. The van der Waals surface area contributed by atoms with E-state index in [1.54, 1.807) is 42.5 Å². The molecule has 7 heteroatoms. The minimum Gasteiger partial charge on any atom is -0.325 e. The lowest BCUT2D eigenvalue weighted by Crippen LogP contribution is -2.38. The summed E-state index contributed by atoms with van der Waals surface area (Å²) >= 11 is 5.88. The zero-order valence-electron chi connectivity index (χ0n) is 15.9. The van der Waals surface area contributed by atoms with Gasteiger partial charge in [-0.1, -0.05) is 48.9 Å². The largest absolute Gasteiger partial charge is 0.325 e. The Bertz CT molecular complexity index is 1070. The molecule has 0 spiro atoms. The van der Waals surface area contributed by atoms with Gasteiger partial charge in [0.15, 0.2) is 0 Å². The first-order valence-electron chi connectivity index (χ1n) is 9.12. The zero-order valence-corrected chi connectivity index (χ0v) is 17.5. The minimum atomic E-state index is -3.96. The van der Waals surface area contributed by atoms with Gasteiger partial charge in [-0.25, -0.2) is 8.42 Å². The number of carbonyl (C=O) groups is 1. The van der Waals surface area contributed by atoms with Crippen LogP contribution in [0, 0.1) is 0 Å². The van der Waals surface area contributed by atoms with Crippen LogP contribution in [0.15, 0.2) is 83.8 Å². The molecule has 0 atom stereocenters. The summed E-state index contributed by atoms with van der Waals surface area (Å²) in [6.45, 7) is 1.69. The molecule has 1 amide bonds. The number of rotatable bonds is 7. The molecule has 0 fully saturated rings. The van der Waals surface area contributed by atoms with Crippen molar-refractivity contribution in [3.8, 4) is 0 Å². The molecule has 150 valence electrons. The van der Waals surface area contributed by atoms with Crippen LogP contribution in [0.4, 0.5) is 11.4 Å². The van der Waals surface area contributed by atoms with Crippen LogP contribution in [0.1, 0.15) is 12.5 Å². The number of para-hydroxylation sites is 1. The fourth-order valence-corrected chi connectivity index (χ4v) is 4.34. The van der Waals surface area contributed by atoms with E-state index in [9.17, 15) is 13.2 Å². The smallest absolute Gasteiger partial charge is 0.264 e. The molecule has 0 aliphatic carbocycles. The van der Waals surface area contributed by atoms with Crippen molar-refractivity contribution < 1.29 is 13.2 Å². The van der Waals surface area contributed by atoms with Gasteiger partial charge in [0, 0.05) is 10.7 Å². The third kappa shape index (κ3) is 5.16. The number of sulfonamides is 1. The van der Waals surface area contributed by atoms with Crippen molar-refractivity contribution in [3.05, 3.63) is 89.4 Å². The van der Waals surface area contributed by atoms with Crippen LogP contribution in [0.25, 0.3) is 0 Å². The van der Waals surface area contributed by atoms with Crippen molar-refractivity contribution in [1.82, 2.24) is 0 Å². The van der Waals surface area contributed by atoms with E-state index in [-0.39, 0.29) is 11.4 Å². The fourth-order valence-electron chi connectivity index (χ4n) is 2.80. The summed E-state index contributed by atoms with van der Waals surface area (Å²) in [4.78, 5) is 12.7. The van der Waals surface area contributed by atoms with E-state index >= 15 is 0 Å². The predicted octanol–water partition coefficient (Wildman–Crippen LogP) is 4.74. The Balaban J connectivity index is 1.87. The van der Waals surface area contributed by atoms with E-state index in [1.807, 2.05) is 19.1 Å². The molecule has 0 radical (unpaired) electrons. The molecular formula is C22H21ClN2O3S. The first kappa shape index (κ1) is 20.9. The zero-order chi connectivity index (χ0) is 20.9. The molecule has 3 rings (SSSR count). The Labute approximate surface area is 176 Å². The Morgan fingerprint density at radius 3 is 2.14 bits per heavy atom. The Morgan fingerprint density at radius 1 is 0.931 bits per heavy atom. The standard InChI is InChI=1S/C22H21ClN2O3S/c1-2-17-8-12-19(13-9-17)24-22(26)16-25(20-6-4-3-5-7-20)29(27,28)21-14-10-18(23)11-15-21/h3-15H,2,16H2,1H3,(H,24,26). The summed E-state index contributed by atoms with van der Waals surface area (Å²) in [7, 11) is -3.96. The second-order valence-corrected chi connectivity index (χ2v) is 8.70. The molecule has 0 unspecified atom stereocenters. The van der Waals surface area contributed by atoms with Gasteiger partial charge in [0.05, 0.1) is 10.6 Å². The van der Waals surface area contributed by atoms with E-state index in [1.165, 1.54) is 24.3 Å². The maximum atomic E-state index is 13.2. The van der Waals surface area contributed by atoms with Crippen LogP contribution in [-0.2, 0) is 21.2 Å². The molecule has 0 bridgehead atoms. The summed E-state index contributed by atoms with van der Waals surface area (Å²) < 4.78 is 27.5. The van der Waals surface area contributed by atoms with Crippen LogP contribution < -0.4 is 9.62 Å². The summed E-state index contributed by atoms with van der Waals surface area (Å²) in [6.07, 6.45) is 0.898. The van der Waals surface area contributed by atoms with Gasteiger partial charge < -0.3 is 5.32 Å². The lowest BCUT2D eigenvalue weighted by Gasteiger charge is -2.24. The summed E-state index contributed by atoms with van der Waals surface area (Å²) in [5.74, 6) is -0.435. The average molecular weight is 429 g/mol. The third-order valence-electron chi connectivity index (χ3n) is 4.38. The van der Waals surface area contributed by atoms with E-state index in [4.69, 9.17) is 11.6 Å². The highest BCUT2D eigenvalue weighted by atomic mass is 35.5. The number of amides is 1. The molecule has 29 heavy (non-hydrogen) atoms. The highest BCUT2D eigenvalue weighted by Crippen LogP contribution is 2.24. The third-order valence-corrected chi connectivity index (χ3v) is 6.42. The van der Waals surface area contributed by atoms with Crippen molar-refractivity contribution in [3.63, 3.8) is 0 Å². The molecule has 1 N–H and O–H groups in total. The van der Waals surface area contributed by atoms with Gasteiger partial charge in [-0.2, -0.15) is 0 Å². The van der Waals surface area contributed by atoms with Gasteiger partial charge in [0.1, 0.15) is 6.54 Å². The number of nitrogens with zero attached hydrogens (tertiary/aromatic N) is 1. The van der Waals surface area contributed by atoms with Crippen molar-refractivity contribution >= 4 is 38.9 Å². The number of carbonyl (C=O) groups excluding carboxylic acids is 1. The number of anilines is 2. The van der Waals surface area contributed by atoms with Gasteiger partial charge in [-0.3, -0.25) is 9.10 Å². The molecular weight excluding hydrogens is 408 g/mol. The Morgan fingerprint density at radius 2 is 1.55 bits per heavy atom. The number of nitrogens with one attached hydrogen (secondary N) is 1. The molecule has 0 aliphatic rings. The number of benzene rings is 3. The first-order valence-corrected chi connectivity index (χ1v) is 10.9. The monoisotopic (exact) mass is 428 g/mol. The Hall–Kier alpha value is -2.83. The fraction of sp³-hybridized carbons (Fsp3) is 0.136. The lowest BCUT2D eigenvalue weighted by atomic mass is 10.1. The quantitative estimate of drug-likeness (QED) is 0.591. The van der Waals surface area contributed by atoms with Gasteiger partial charge in [0.2, 0.25) is 5.91 Å². The predicted molar refractivity (Wildman–Crippen MR) is 117 cm³/mol. The van der Waals surface area contributed by atoms with Crippen LogP contribution >= 0.6 is 11.6 Å². The molecule has 3 aromatic carbocycles. The first-order chi connectivity index (χ1) is 13.9. The number of hydrogen-bond acceptors (Lipinski definition) is 3. The van der Waals surface area contributed by atoms with Gasteiger partial charge in [0.25, 0.3) is 10.0 Å². The highest BCUT2D eigenvalue weighted by Gasteiger charge is 2.27. The van der Waals surface area contributed by atoms with Crippen LogP contribution in [-0.4, -0.2) is 20.9 Å². The van der Waals surface area contributed by atoms with Crippen molar-refractivity contribution in [2.24, 2.45) is 0 Å². The average Bonchev–Trinajstić information content (AvgIpc) is 2.73. The number of aryl methyl sites for hydroxylation is 1. The molecule has 3 aromatic rings. The van der Waals surface area contributed by atoms with Crippen LogP contribution in [0.2, 0.25) is 5.02 Å². The topological polar surface area (TPSA) is 66.5 Å².